The van der Waals surface area contributed by atoms with E-state index in [9.17, 15) is 17.6 Å². The lowest BCUT2D eigenvalue weighted by molar-refractivity contribution is 0.194. The third-order valence-corrected chi connectivity index (χ3v) is 5.64. The molecule has 0 saturated carbocycles. The van der Waals surface area contributed by atoms with E-state index in [1.54, 1.807) is 46.0 Å². The normalized spacial score (nSPS) is 14.1. The number of rotatable bonds is 7. The smallest absolute Gasteiger partial charge is 0.317 e. The average molecular weight is 344 g/mol. The van der Waals surface area contributed by atoms with Crippen molar-refractivity contribution in [1.82, 2.24) is 10.2 Å². The van der Waals surface area contributed by atoms with Gasteiger partial charge in [0.05, 0.1) is 5.75 Å². The molecule has 5 nitrogen and oxygen atoms in total. The highest BCUT2D eigenvalue weighted by Crippen LogP contribution is 2.09. The molecule has 23 heavy (non-hydrogen) atoms. The number of nitrogens with zero attached hydrogens (tertiary/aromatic N) is 1. The molecule has 0 radical (unpaired) electrons. The molecule has 0 aliphatic rings. The van der Waals surface area contributed by atoms with E-state index in [2.05, 4.69) is 5.32 Å². The first kappa shape index (κ1) is 19.4. The Labute approximate surface area is 137 Å². The number of amides is 2. The third kappa shape index (κ3) is 6.17. The minimum Gasteiger partial charge on any atom is -0.335 e. The van der Waals surface area contributed by atoms with Gasteiger partial charge in [0.25, 0.3) is 0 Å². The summed E-state index contributed by atoms with van der Waals surface area (Å²) in [4.78, 5) is 13.5. The molecule has 0 unspecified atom stereocenters. The number of urea groups is 1. The van der Waals surface area contributed by atoms with Crippen LogP contribution in [0.4, 0.5) is 9.18 Å². The van der Waals surface area contributed by atoms with Gasteiger partial charge in [0, 0.05) is 24.9 Å². The first-order chi connectivity index (χ1) is 10.7. The molecule has 0 spiro atoms. The minimum atomic E-state index is -3.15. The molecule has 0 aliphatic heterocycles. The summed E-state index contributed by atoms with van der Waals surface area (Å²) in [6.45, 7) is 5.05. The number of hydrogen-bond acceptors (Lipinski definition) is 3. The van der Waals surface area contributed by atoms with Crippen molar-refractivity contribution in [1.29, 1.82) is 0 Å². The number of sulfone groups is 1. The van der Waals surface area contributed by atoms with Gasteiger partial charge in [-0.1, -0.05) is 25.1 Å². The second kappa shape index (κ2) is 8.29. The van der Waals surface area contributed by atoms with E-state index in [1.807, 2.05) is 0 Å². The van der Waals surface area contributed by atoms with Crippen LogP contribution in [0.3, 0.4) is 0 Å². The van der Waals surface area contributed by atoms with Crippen molar-refractivity contribution in [3.63, 3.8) is 0 Å². The Morgan fingerprint density at radius 1 is 1.30 bits per heavy atom. The maximum absolute atomic E-state index is 13.6. The number of hydrogen-bond donors (Lipinski definition) is 1. The zero-order valence-electron chi connectivity index (χ0n) is 14.0. The summed E-state index contributed by atoms with van der Waals surface area (Å²) in [6, 6.07) is 5.36. The van der Waals surface area contributed by atoms with Crippen LogP contribution in [0, 0.1) is 5.82 Å². The molecule has 1 aromatic rings. The third-order valence-electron chi connectivity index (χ3n) is 3.77. The Morgan fingerprint density at radius 3 is 2.48 bits per heavy atom. The summed E-state index contributed by atoms with van der Waals surface area (Å²) in [7, 11) is -1.59. The zero-order valence-corrected chi connectivity index (χ0v) is 14.9. The van der Waals surface area contributed by atoms with Crippen molar-refractivity contribution in [2.24, 2.45) is 0 Å². The van der Waals surface area contributed by atoms with E-state index in [0.29, 0.717) is 12.0 Å². The van der Waals surface area contributed by atoms with Crippen LogP contribution in [-0.2, 0) is 16.3 Å². The van der Waals surface area contributed by atoms with Crippen molar-refractivity contribution < 1.29 is 17.6 Å². The van der Waals surface area contributed by atoms with Gasteiger partial charge in [-0.25, -0.2) is 17.6 Å². The Bertz CT molecular complexity index is 634. The molecule has 7 heteroatoms. The lowest BCUT2D eigenvalue weighted by Gasteiger charge is -2.27. The molecule has 130 valence electrons. The van der Waals surface area contributed by atoms with Gasteiger partial charge in [-0.2, -0.15) is 0 Å². The highest BCUT2D eigenvalue weighted by molar-refractivity contribution is 7.91. The van der Waals surface area contributed by atoms with Gasteiger partial charge in [0.15, 0.2) is 9.84 Å². The first-order valence-corrected chi connectivity index (χ1v) is 9.45. The predicted octanol–water partition coefficient (Wildman–Crippen LogP) is 2.22. The molecule has 0 heterocycles. The molecule has 2 amide bonds. The van der Waals surface area contributed by atoms with Gasteiger partial charge in [-0.3, -0.25) is 0 Å². The van der Waals surface area contributed by atoms with Crippen molar-refractivity contribution in [2.75, 3.05) is 18.6 Å². The Kier molecular flexibility index (Phi) is 7.00. The molecule has 1 N–H and O–H groups in total. The van der Waals surface area contributed by atoms with Crippen molar-refractivity contribution >= 4 is 15.9 Å². The van der Waals surface area contributed by atoms with E-state index < -0.39 is 15.9 Å². The molecule has 2 atom stereocenters. The second-order valence-electron chi connectivity index (χ2n) is 5.80. The van der Waals surface area contributed by atoms with E-state index in [-0.39, 0.29) is 29.4 Å². The standard InChI is InChI=1S/C16H25FN2O3S/c1-5-23(21,22)11-13(3)19(4)16(20)18-12(2)10-14-8-6-7-9-15(14)17/h6-9,12-13H,5,10-11H2,1-4H3,(H,18,20)/t12-,13-/m1/s1. The van der Waals surface area contributed by atoms with Gasteiger partial charge in [0.2, 0.25) is 0 Å². The van der Waals surface area contributed by atoms with Gasteiger partial charge < -0.3 is 10.2 Å². The molecule has 0 fully saturated rings. The zero-order chi connectivity index (χ0) is 17.6. The van der Waals surface area contributed by atoms with Crippen molar-refractivity contribution in [3.8, 4) is 0 Å². The minimum absolute atomic E-state index is 0.0521. The molecular weight excluding hydrogens is 319 g/mol. The summed E-state index contributed by atoms with van der Waals surface area (Å²) >= 11 is 0. The van der Waals surface area contributed by atoms with Crippen LogP contribution in [0.2, 0.25) is 0 Å². The monoisotopic (exact) mass is 344 g/mol. The number of carbonyl (C=O) groups excluding carboxylic acids is 1. The Hall–Kier alpha value is -1.63. The van der Waals surface area contributed by atoms with Gasteiger partial charge in [-0.05, 0) is 31.9 Å². The fourth-order valence-corrected chi connectivity index (χ4v) is 3.35. The second-order valence-corrected chi connectivity index (χ2v) is 8.20. The van der Waals surface area contributed by atoms with Gasteiger partial charge >= 0.3 is 6.03 Å². The van der Waals surface area contributed by atoms with E-state index in [0.717, 1.165) is 0 Å². The Morgan fingerprint density at radius 2 is 1.91 bits per heavy atom. The fourth-order valence-electron chi connectivity index (χ4n) is 2.15. The van der Waals surface area contributed by atoms with Gasteiger partial charge in [-0.15, -0.1) is 0 Å². The van der Waals surface area contributed by atoms with Crippen LogP contribution in [0.1, 0.15) is 26.3 Å². The van der Waals surface area contributed by atoms with Crippen LogP contribution in [0.25, 0.3) is 0 Å². The molecule has 0 aliphatic carbocycles. The summed E-state index contributed by atoms with van der Waals surface area (Å²) in [5, 5.41) is 2.77. The molecular formula is C16H25FN2O3S. The SMILES string of the molecule is CCS(=O)(=O)C[C@@H](C)N(C)C(=O)N[C@H](C)Cc1ccccc1F. The predicted molar refractivity (Wildman–Crippen MR) is 89.7 cm³/mol. The number of carbonyl (C=O) groups is 1. The van der Waals surface area contributed by atoms with Crippen LogP contribution < -0.4 is 5.32 Å². The lowest BCUT2D eigenvalue weighted by atomic mass is 10.1. The first-order valence-electron chi connectivity index (χ1n) is 7.63. The summed E-state index contributed by atoms with van der Waals surface area (Å²) in [5.41, 5.74) is 0.532. The lowest BCUT2D eigenvalue weighted by Crippen LogP contribution is -2.48. The number of nitrogens with one attached hydrogen (secondary N) is 1. The molecule has 0 aromatic heterocycles. The largest absolute Gasteiger partial charge is 0.335 e. The summed E-state index contributed by atoms with van der Waals surface area (Å²) < 4.78 is 36.9. The van der Waals surface area contributed by atoms with Crippen LogP contribution in [0.5, 0.6) is 0 Å². The van der Waals surface area contributed by atoms with Crippen LogP contribution >= 0.6 is 0 Å². The quantitative estimate of drug-likeness (QED) is 0.825. The fraction of sp³-hybridized carbons (Fsp3) is 0.562. The molecule has 0 bridgehead atoms. The van der Waals surface area contributed by atoms with E-state index in [4.69, 9.17) is 0 Å². The number of halogens is 1. The van der Waals surface area contributed by atoms with E-state index in [1.165, 1.54) is 11.0 Å². The maximum Gasteiger partial charge on any atom is 0.317 e. The van der Waals surface area contributed by atoms with Gasteiger partial charge in [0.1, 0.15) is 5.82 Å². The molecule has 0 saturated heterocycles. The van der Waals surface area contributed by atoms with Crippen molar-refractivity contribution in [2.45, 2.75) is 39.3 Å². The Balaban J connectivity index is 2.59. The number of benzene rings is 1. The summed E-state index contributed by atoms with van der Waals surface area (Å²) in [6.07, 6.45) is 0.369. The summed E-state index contributed by atoms with van der Waals surface area (Å²) in [5.74, 6) is -0.324. The highest BCUT2D eigenvalue weighted by atomic mass is 32.2. The topological polar surface area (TPSA) is 66.5 Å². The molecule has 1 aromatic carbocycles. The van der Waals surface area contributed by atoms with Crippen LogP contribution in [0.15, 0.2) is 24.3 Å². The maximum atomic E-state index is 13.6. The van der Waals surface area contributed by atoms with E-state index >= 15 is 0 Å². The van der Waals surface area contributed by atoms with Crippen LogP contribution in [-0.4, -0.2) is 50.0 Å². The van der Waals surface area contributed by atoms with Crippen molar-refractivity contribution in [3.05, 3.63) is 35.6 Å². The average Bonchev–Trinajstić information content (AvgIpc) is 2.48. The molecule has 1 rings (SSSR count). The highest BCUT2D eigenvalue weighted by Gasteiger charge is 2.22.